The van der Waals surface area contributed by atoms with Crippen LogP contribution in [-0.2, 0) is 16.4 Å². The molecule has 1 unspecified atom stereocenters. The number of hydrogen-bond acceptors (Lipinski definition) is 5. The highest BCUT2D eigenvalue weighted by molar-refractivity contribution is 7.91. The van der Waals surface area contributed by atoms with Gasteiger partial charge in [-0.1, -0.05) is 0 Å². The van der Waals surface area contributed by atoms with Crippen LogP contribution in [0.1, 0.15) is 22.9 Å². The van der Waals surface area contributed by atoms with E-state index in [2.05, 4.69) is 4.98 Å². The second kappa shape index (κ2) is 3.73. The van der Waals surface area contributed by atoms with E-state index in [1.54, 1.807) is 12.3 Å². The third-order valence-electron chi connectivity index (χ3n) is 1.72. The van der Waals surface area contributed by atoms with E-state index in [1.807, 2.05) is 0 Å². The Labute approximate surface area is 81.2 Å². The van der Waals surface area contributed by atoms with E-state index in [0.29, 0.717) is 10.7 Å². The van der Waals surface area contributed by atoms with E-state index in [-0.39, 0.29) is 6.61 Å². The Bertz CT molecular complexity index is 382. The van der Waals surface area contributed by atoms with Crippen molar-refractivity contribution in [3.63, 3.8) is 0 Å². The summed E-state index contributed by atoms with van der Waals surface area (Å²) in [6, 6.07) is 0. The molecule has 0 spiro atoms. The van der Waals surface area contributed by atoms with Crippen molar-refractivity contribution in [2.24, 2.45) is 0 Å². The van der Waals surface area contributed by atoms with Gasteiger partial charge in [0.25, 0.3) is 0 Å². The Kier molecular flexibility index (Phi) is 3.05. The Balaban J connectivity index is 2.96. The first-order valence-electron chi connectivity index (χ1n) is 3.69. The molecule has 0 saturated carbocycles. The first kappa shape index (κ1) is 10.6. The summed E-state index contributed by atoms with van der Waals surface area (Å²) < 4.78 is 22.3. The zero-order chi connectivity index (χ0) is 10.1. The molecule has 0 aliphatic rings. The van der Waals surface area contributed by atoms with Gasteiger partial charge in [0.05, 0.1) is 12.3 Å². The van der Waals surface area contributed by atoms with E-state index < -0.39 is 15.1 Å². The predicted octanol–water partition coefficient (Wildman–Crippen LogP) is 0.741. The lowest BCUT2D eigenvalue weighted by Crippen LogP contribution is -2.07. The van der Waals surface area contributed by atoms with Crippen molar-refractivity contribution in [2.75, 3.05) is 6.26 Å². The van der Waals surface area contributed by atoms with Gasteiger partial charge in [-0.3, -0.25) is 0 Å². The molecule has 1 aromatic rings. The molecule has 0 fully saturated rings. The zero-order valence-electron chi connectivity index (χ0n) is 7.39. The summed E-state index contributed by atoms with van der Waals surface area (Å²) in [5, 5.41) is 10.3. The van der Waals surface area contributed by atoms with Gasteiger partial charge in [-0.05, 0) is 6.92 Å². The highest BCUT2D eigenvalue weighted by atomic mass is 32.2. The van der Waals surface area contributed by atoms with Gasteiger partial charge in [-0.2, -0.15) is 0 Å². The normalized spacial score (nSPS) is 14.4. The lowest BCUT2D eigenvalue weighted by Gasteiger charge is -2.03. The monoisotopic (exact) mass is 221 g/mol. The largest absolute Gasteiger partial charge is 0.390 e. The third-order valence-corrected chi connectivity index (χ3v) is 4.45. The number of rotatable bonds is 3. The standard InChI is InChI=1S/C7H11NO3S2/c1-5(13(2,10)11)7-8-6(3-9)4-12-7/h4-5,9H,3H2,1-2H3. The fraction of sp³-hybridized carbons (Fsp3) is 0.571. The quantitative estimate of drug-likeness (QED) is 0.817. The maximum atomic E-state index is 11.1. The molecule has 1 N–H and O–H groups in total. The minimum atomic E-state index is -3.08. The first-order valence-corrected chi connectivity index (χ1v) is 6.52. The maximum absolute atomic E-state index is 11.1. The van der Waals surface area contributed by atoms with E-state index in [1.165, 1.54) is 17.6 Å². The van der Waals surface area contributed by atoms with E-state index in [0.717, 1.165) is 0 Å². The number of aliphatic hydroxyl groups is 1. The molecule has 0 radical (unpaired) electrons. The first-order chi connectivity index (χ1) is 5.95. The fourth-order valence-electron chi connectivity index (χ4n) is 0.765. The van der Waals surface area contributed by atoms with Crippen LogP contribution < -0.4 is 0 Å². The van der Waals surface area contributed by atoms with Gasteiger partial charge >= 0.3 is 0 Å². The molecule has 0 aliphatic heterocycles. The summed E-state index contributed by atoms with van der Waals surface area (Å²) in [7, 11) is -3.08. The molecule has 6 heteroatoms. The Morgan fingerprint density at radius 2 is 2.31 bits per heavy atom. The molecule has 0 saturated heterocycles. The number of aliphatic hydroxyl groups excluding tert-OH is 1. The molecule has 1 rings (SSSR count). The van der Waals surface area contributed by atoms with E-state index >= 15 is 0 Å². The molecular weight excluding hydrogens is 210 g/mol. The molecule has 4 nitrogen and oxygen atoms in total. The van der Waals surface area contributed by atoms with Gasteiger partial charge in [0, 0.05) is 11.6 Å². The van der Waals surface area contributed by atoms with Gasteiger partial charge in [-0.15, -0.1) is 11.3 Å². The SMILES string of the molecule is CC(c1nc(CO)cs1)S(C)(=O)=O. The van der Waals surface area contributed by atoms with Crippen molar-refractivity contribution < 1.29 is 13.5 Å². The highest BCUT2D eigenvalue weighted by Gasteiger charge is 2.20. The van der Waals surface area contributed by atoms with Crippen LogP contribution in [0.15, 0.2) is 5.38 Å². The van der Waals surface area contributed by atoms with Crippen LogP contribution in [0, 0.1) is 0 Å². The van der Waals surface area contributed by atoms with Crippen LogP contribution in [0.25, 0.3) is 0 Å². The number of hydrogen-bond donors (Lipinski definition) is 1. The van der Waals surface area contributed by atoms with Crippen LogP contribution in [0.4, 0.5) is 0 Å². The minimum Gasteiger partial charge on any atom is -0.390 e. The zero-order valence-corrected chi connectivity index (χ0v) is 9.02. The average molecular weight is 221 g/mol. The van der Waals surface area contributed by atoms with Crippen LogP contribution >= 0.6 is 11.3 Å². The van der Waals surface area contributed by atoms with E-state index in [9.17, 15) is 8.42 Å². The van der Waals surface area contributed by atoms with Crippen molar-refractivity contribution >= 4 is 21.2 Å². The van der Waals surface area contributed by atoms with E-state index in [4.69, 9.17) is 5.11 Å². The van der Waals surface area contributed by atoms with Gasteiger partial charge < -0.3 is 5.11 Å². The highest BCUT2D eigenvalue weighted by Crippen LogP contribution is 2.24. The molecule has 13 heavy (non-hydrogen) atoms. The minimum absolute atomic E-state index is 0.146. The van der Waals surface area contributed by atoms with Gasteiger partial charge in [-0.25, -0.2) is 13.4 Å². The molecule has 1 aromatic heterocycles. The summed E-state index contributed by atoms with van der Waals surface area (Å²) in [5.74, 6) is 0. The number of aromatic nitrogens is 1. The number of thiazole rings is 1. The molecule has 0 bridgehead atoms. The molecule has 0 aliphatic carbocycles. The number of nitrogens with zero attached hydrogens (tertiary/aromatic N) is 1. The lowest BCUT2D eigenvalue weighted by atomic mass is 10.5. The summed E-state index contributed by atoms with van der Waals surface area (Å²) >= 11 is 1.26. The molecule has 1 atom stereocenters. The molecule has 74 valence electrons. The second-order valence-electron chi connectivity index (χ2n) is 2.81. The second-order valence-corrected chi connectivity index (χ2v) is 6.06. The third kappa shape index (κ3) is 2.49. The average Bonchev–Trinajstić information content (AvgIpc) is 2.48. The lowest BCUT2D eigenvalue weighted by molar-refractivity contribution is 0.277. The Morgan fingerprint density at radius 3 is 2.69 bits per heavy atom. The van der Waals surface area contributed by atoms with Crippen molar-refractivity contribution in [3.8, 4) is 0 Å². The summed E-state index contributed by atoms with van der Waals surface area (Å²) in [5.41, 5.74) is 0.524. The molecule has 1 heterocycles. The van der Waals surface area contributed by atoms with Gasteiger partial charge in [0.1, 0.15) is 10.3 Å². The maximum Gasteiger partial charge on any atom is 0.156 e. The summed E-state index contributed by atoms with van der Waals surface area (Å²) in [6.45, 7) is 1.45. The number of sulfone groups is 1. The summed E-state index contributed by atoms with van der Waals surface area (Å²) in [4.78, 5) is 3.98. The van der Waals surface area contributed by atoms with Crippen LogP contribution in [0.3, 0.4) is 0 Å². The molecular formula is C7H11NO3S2. The van der Waals surface area contributed by atoms with Crippen LogP contribution in [-0.4, -0.2) is 24.8 Å². The van der Waals surface area contributed by atoms with Crippen LogP contribution in [0.5, 0.6) is 0 Å². The van der Waals surface area contributed by atoms with Crippen molar-refractivity contribution in [1.29, 1.82) is 0 Å². The van der Waals surface area contributed by atoms with Gasteiger partial charge in [0.15, 0.2) is 9.84 Å². The molecule has 0 amide bonds. The van der Waals surface area contributed by atoms with Crippen molar-refractivity contribution in [3.05, 3.63) is 16.1 Å². The van der Waals surface area contributed by atoms with Gasteiger partial charge in [0.2, 0.25) is 0 Å². The van der Waals surface area contributed by atoms with Crippen molar-refractivity contribution in [2.45, 2.75) is 18.8 Å². The fourth-order valence-corrected chi connectivity index (χ4v) is 2.62. The smallest absolute Gasteiger partial charge is 0.156 e. The van der Waals surface area contributed by atoms with Crippen LogP contribution in [0.2, 0.25) is 0 Å². The molecule has 0 aromatic carbocycles. The Morgan fingerprint density at radius 1 is 1.69 bits per heavy atom. The van der Waals surface area contributed by atoms with Crippen molar-refractivity contribution in [1.82, 2.24) is 4.98 Å². The Hall–Kier alpha value is -0.460. The summed E-state index contributed by atoms with van der Waals surface area (Å²) in [6.07, 6.45) is 1.18. The predicted molar refractivity (Wildman–Crippen MR) is 51.3 cm³/mol. The topological polar surface area (TPSA) is 67.3 Å².